The number of nitrogens with zero attached hydrogens (tertiary/aromatic N) is 2. The molecule has 0 N–H and O–H groups in total. The summed E-state index contributed by atoms with van der Waals surface area (Å²) in [6.45, 7) is 4.52. The number of rotatable bonds is 6. The molecule has 0 unspecified atom stereocenters. The van der Waals surface area contributed by atoms with Gasteiger partial charge in [0.15, 0.2) is 0 Å². The third kappa shape index (κ3) is 4.68. The summed E-state index contributed by atoms with van der Waals surface area (Å²) in [5.74, 6) is 1.53. The molecule has 1 amide bonds. The molecule has 6 heteroatoms. The van der Waals surface area contributed by atoms with Crippen LogP contribution in [0.15, 0.2) is 48.5 Å². The summed E-state index contributed by atoms with van der Waals surface area (Å²) in [6, 6.07) is 14.7. The number of methoxy groups -OCH3 is 1. The van der Waals surface area contributed by atoms with Crippen LogP contribution in [0.4, 0.5) is 0 Å². The largest absolute Gasteiger partial charge is 0.497 e. The smallest absolute Gasteiger partial charge is 0.253 e. The molecular weight excluding hydrogens is 352 g/mol. The molecule has 0 spiro atoms. The van der Waals surface area contributed by atoms with Crippen LogP contribution >= 0.6 is 11.6 Å². The Hall–Kier alpha value is -2.24. The fourth-order valence-corrected chi connectivity index (χ4v) is 3.13. The van der Waals surface area contributed by atoms with Crippen molar-refractivity contribution in [2.24, 2.45) is 0 Å². The molecule has 1 fully saturated rings. The Morgan fingerprint density at radius 1 is 1.04 bits per heavy atom. The normalized spacial score (nSPS) is 14.9. The minimum Gasteiger partial charge on any atom is -0.497 e. The molecule has 0 radical (unpaired) electrons. The van der Waals surface area contributed by atoms with Gasteiger partial charge in [-0.15, -0.1) is 0 Å². The zero-order valence-corrected chi connectivity index (χ0v) is 15.6. The van der Waals surface area contributed by atoms with Crippen molar-refractivity contribution in [3.63, 3.8) is 0 Å². The van der Waals surface area contributed by atoms with Gasteiger partial charge in [-0.2, -0.15) is 0 Å². The molecule has 0 saturated carbocycles. The molecule has 1 aliphatic rings. The number of piperazine rings is 1. The van der Waals surface area contributed by atoms with Crippen molar-refractivity contribution in [1.82, 2.24) is 9.80 Å². The first-order chi connectivity index (χ1) is 12.7. The van der Waals surface area contributed by atoms with E-state index in [9.17, 15) is 4.79 Å². The van der Waals surface area contributed by atoms with Crippen molar-refractivity contribution < 1.29 is 14.3 Å². The van der Waals surface area contributed by atoms with Gasteiger partial charge in [-0.05, 0) is 36.4 Å². The van der Waals surface area contributed by atoms with Crippen LogP contribution in [0.3, 0.4) is 0 Å². The average Bonchev–Trinajstić information content (AvgIpc) is 2.69. The van der Waals surface area contributed by atoms with Crippen molar-refractivity contribution in [2.75, 3.05) is 46.4 Å². The van der Waals surface area contributed by atoms with Gasteiger partial charge in [-0.3, -0.25) is 9.69 Å². The molecule has 0 bridgehead atoms. The van der Waals surface area contributed by atoms with E-state index >= 15 is 0 Å². The van der Waals surface area contributed by atoms with Gasteiger partial charge in [-0.25, -0.2) is 0 Å². The summed E-state index contributed by atoms with van der Waals surface area (Å²) in [4.78, 5) is 16.8. The highest BCUT2D eigenvalue weighted by Crippen LogP contribution is 2.23. The number of carbonyl (C=O) groups excluding carboxylic acids is 1. The summed E-state index contributed by atoms with van der Waals surface area (Å²) >= 11 is 6.09. The maximum absolute atomic E-state index is 12.6. The Morgan fingerprint density at radius 3 is 2.38 bits per heavy atom. The fourth-order valence-electron chi connectivity index (χ4n) is 2.94. The zero-order valence-electron chi connectivity index (χ0n) is 14.9. The van der Waals surface area contributed by atoms with Gasteiger partial charge in [0.25, 0.3) is 5.91 Å². The van der Waals surface area contributed by atoms with E-state index in [4.69, 9.17) is 21.1 Å². The van der Waals surface area contributed by atoms with Gasteiger partial charge in [0.2, 0.25) is 0 Å². The van der Waals surface area contributed by atoms with E-state index in [1.54, 1.807) is 7.11 Å². The van der Waals surface area contributed by atoms with Gasteiger partial charge in [0, 0.05) is 38.3 Å². The molecule has 0 aromatic heterocycles. The quantitative estimate of drug-likeness (QED) is 0.778. The topological polar surface area (TPSA) is 42.0 Å². The van der Waals surface area contributed by atoms with E-state index < -0.39 is 0 Å². The number of amides is 1. The lowest BCUT2D eigenvalue weighted by Gasteiger charge is -2.34. The second kappa shape index (κ2) is 8.92. The van der Waals surface area contributed by atoms with E-state index in [2.05, 4.69) is 4.90 Å². The highest BCUT2D eigenvalue weighted by atomic mass is 35.5. The number of hydrogen-bond donors (Lipinski definition) is 0. The maximum Gasteiger partial charge on any atom is 0.253 e. The molecule has 0 atom stereocenters. The number of para-hydroxylation sites is 1. The minimum atomic E-state index is 0.0691. The van der Waals surface area contributed by atoms with Gasteiger partial charge in [0.05, 0.1) is 12.1 Å². The van der Waals surface area contributed by atoms with Crippen molar-refractivity contribution >= 4 is 17.5 Å². The van der Waals surface area contributed by atoms with Crippen LogP contribution in [0.2, 0.25) is 5.02 Å². The summed E-state index contributed by atoms with van der Waals surface area (Å²) in [6.07, 6.45) is 0. The first kappa shape index (κ1) is 18.5. The van der Waals surface area contributed by atoms with Crippen LogP contribution in [0.5, 0.6) is 11.5 Å². The molecule has 26 heavy (non-hydrogen) atoms. The number of carbonyl (C=O) groups is 1. The van der Waals surface area contributed by atoms with Crippen LogP contribution in [0, 0.1) is 0 Å². The van der Waals surface area contributed by atoms with Gasteiger partial charge in [-0.1, -0.05) is 23.7 Å². The fraction of sp³-hybridized carbons (Fsp3) is 0.350. The highest BCUT2D eigenvalue weighted by molar-refractivity contribution is 6.32. The van der Waals surface area contributed by atoms with Crippen LogP contribution in [0.25, 0.3) is 0 Å². The van der Waals surface area contributed by atoms with E-state index in [-0.39, 0.29) is 5.91 Å². The molecule has 5 nitrogen and oxygen atoms in total. The summed E-state index contributed by atoms with van der Waals surface area (Å²) in [5, 5.41) is 0.627. The number of ether oxygens (including phenoxy) is 2. The van der Waals surface area contributed by atoms with E-state index in [1.807, 2.05) is 53.4 Å². The molecule has 2 aromatic rings. The molecule has 2 aromatic carbocycles. The van der Waals surface area contributed by atoms with Crippen molar-refractivity contribution in [1.29, 1.82) is 0 Å². The number of halogens is 1. The first-order valence-corrected chi connectivity index (χ1v) is 9.08. The molecule has 0 aliphatic carbocycles. The summed E-state index contributed by atoms with van der Waals surface area (Å²) < 4.78 is 10.9. The molecule has 1 aliphatic heterocycles. The second-order valence-corrected chi connectivity index (χ2v) is 6.55. The minimum absolute atomic E-state index is 0.0691. The van der Waals surface area contributed by atoms with Crippen molar-refractivity contribution in [2.45, 2.75) is 0 Å². The molecular formula is C20H23ClN2O3. The SMILES string of the molecule is COc1ccc(C(=O)N2CCN(CCOc3ccccc3Cl)CC2)cc1. The zero-order chi connectivity index (χ0) is 18.4. The Labute approximate surface area is 159 Å². The third-order valence-electron chi connectivity index (χ3n) is 4.50. The van der Waals surface area contributed by atoms with Crippen molar-refractivity contribution in [3.05, 3.63) is 59.1 Å². The van der Waals surface area contributed by atoms with Gasteiger partial charge in [0.1, 0.15) is 18.1 Å². The molecule has 1 heterocycles. The Bertz CT molecular complexity index is 728. The Kier molecular flexibility index (Phi) is 6.36. The number of hydrogen-bond acceptors (Lipinski definition) is 4. The Morgan fingerprint density at radius 2 is 1.73 bits per heavy atom. The highest BCUT2D eigenvalue weighted by Gasteiger charge is 2.22. The summed E-state index contributed by atoms with van der Waals surface area (Å²) in [7, 11) is 1.62. The van der Waals surface area contributed by atoms with E-state index in [0.717, 1.165) is 38.5 Å². The first-order valence-electron chi connectivity index (χ1n) is 8.70. The van der Waals surface area contributed by atoms with E-state index in [1.165, 1.54) is 0 Å². The summed E-state index contributed by atoms with van der Waals surface area (Å²) in [5.41, 5.74) is 0.696. The lowest BCUT2D eigenvalue weighted by molar-refractivity contribution is 0.0620. The van der Waals surface area contributed by atoms with Crippen LogP contribution in [-0.2, 0) is 0 Å². The van der Waals surface area contributed by atoms with Gasteiger partial charge < -0.3 is 14.4 Å². The lowest BCUT2D eigenvalue weighted by Crippen LogP contribution is -2.49. The predicted octanol–water partition coefficient (Wildman–Crippen LogP) is 3.19. The second-order valence-electron chi connectivity index (χ2n) is 6.14. The Balaban J connectivity index is 1.43. The standard InChI is InChI=1S/C20H23ClN2O3/c1-25-17-8-6-16(7-9-17)20(24)23-12-10-22(11-13-23)14-15-26-19-5-3-2-4-18(19)21/h2-9H,10-15H2,1H3. The molecule has 138 valence electrons. The third-order valence-corrected chi connectivity index (χ3v) is 4.81. The predicted molar refractivity (Wildman–Crippen MR) is 102 cm³/mol. The van der Waals surface area contributed by atoms with E-state index in [0.29, 0.717) is 22.9 Å². The van der Waals surface area contributed by atoms with Crippen LogP contribution in [-0.4, -0.2) is 62.1 Å². The molecule has 1 saturated heterocycles. The molecule has 3 rings (SSSR count). The van der Waals surface area contributed by atoms with Crippen LogP contribution in [0.1, 0.15) is 10.4 Å². The average molecular weight is 375 g/mol. The maximum atomic E-state index is 12.6. The van der Waals surface area contributed by atoms with Crippen molar-refractivity contribution in [3.8, 4) is 11.5 Å². The monoisotopic (exact) mass is 374 g/mol. The van der Waals surface area contributed by atoms with Crippen LogP contribution < -0.4 is 9.47 Å². The van der Waals surface area contributed by atoms with Gasteiger partial charge >= 0.3 is 0 Å². The lowest BCUT2D eigenvalue weighted by atomic mass is 10.1. The number of benzene rings is 2.